The molecule has 1 unspecified atom stereocenters. The summed E-state index contributed by atoms with van der Waals surface area (Å²) in [7, 11) is 1.96. The van der Waals surface area contributed by atoms with Gasteiger partial charge in [0.15, 0.2) is 0 Å². The third kappa shape index (κ3) is 3.50. The van der Waals surface area contributed by atoms with E-state index in [1.807, 2.05) is 24.1 Å². The molecule has 1 N–H and O–H groups in total. The molecule has 0 aliphatic carbocycles. The van der Waals surface area contributed by atoms with Gasteiger partial charge in [-0.15, -0.1) is 0 Å². The Kier molecular flexibility index (Phi) is 5.11. The predicted molar refractivity (Wildman–Crippen MR) is 88.9 cm³/mol. The van der Waals surface area contributed by atoms with Crippen LogP contribution in [0.4, 0.5) is 0 Å². The van der Waals surface area contributed by atoms with Crippen molar-refractivity contribution in [3.05, 3.63) is 35.4 Å². The number of likely N-dealkylation sites (N-methyl/N-ethyl adjacent to an activating group) is 1. The predicted octanol–water partition coefficient (Wildman–Crippen LogP) is 2.11. The average molecular weight is 301 g/mol. The van der Waals surface area contributed by atoms with Gasteiger partial charge >= 0.3 is 0 Å². The number of hydrogen-bond donors (Lipinski definition) is 1. The number of benzene rings is 1. The highest BCUT2D eigenvalue weighted by Crippen LogP contribution is 2.21. The lowest BCUT2D eigenvalue weighted by atomic mass is 10.1. The van der Waals surface area contributed by atoms with Crippen molar-refractivity contribution in [2.75, 3.05) is 33.2 Å². The van der Waals surface area contributed by atoms with Crippen molar-refractivity contribution >= 4 is 5.91 Å². The van der Waals surface area contributed by atoms with Crippen LogP contribution >= 0.6 is 0 Å². The van der Waals surface area contributed by atoms with Crippen molar-refractivity contribution in [1.29, 1.82) is 0 Å². The van der Waals surface area contributed by atoms with Crippen molar-refractivity contribution in [3.63, 3.8) is 0 Å². The molecule has 0 radical (unpaired) electrons. The van der Waals surface area contributed by atoms with E-state index < -0.39 is 0 Å². The first kappa shape index (κ1) is 15.5. The van der Waals surface area contributed by atoms with Crippen LogP contribution in [0.15, 0.2) is 24.3 Å². The summed E-state index contributed by atoms with van der Waals surface area (Å²) in [5.41, 5.74) is 2.11. The van der Waals surface area contributed by atoms with Gasteiger partial charge in [0.1, 0.15) is 0 Å². The van der Waals surface area contributed by atoms with Crippen LogP contribution in [0.2, 0.25) is 0 Å². The zero-order valence-electron chi connectivity index (χ0n) is 13.6. The maximum atomic E-state index is 12.8. The molecule has 1 amide bonds. The third-order valence-electron chi connectivity index (χ3n) is 4.86. The third-order valence-corrected chi connectivity index (χ3v) is 4.86. The van der Waals surface area contributed by atoms with Gasteiger partial charge in [0.25, 0.3) is 5.91 Å². The van der Waals surface area contributed by atoms with Crippen molar-refractivity contribution in [2.24, 2.45) is 0 Å². The van der Waals surface area contributed by atoms with E-state index in [0.29, 0.717) is 6.04 Å². The summed E-state index contributed by atoms with van der Waals surface area (Å²) in [6.45, 7) is 5.13. The second-order valence-electron chi connectivity index (χ2n) is 6.54. The van der Waals surface area contributed by atoms with Gasteiger partial charge in [-0.25, -0.2) is 0 Å². The molecule has 0 saturated carbocycles. The van der Waals surface area contributed by atoms with E-state index in [-0.39, 0.29) is 5.91 Å². The Labute approximate surface area is 133 Å². The van der Waals surface area contributed by atoms with E-state index in [1.54, 1.807) is 0 Å². The number of amides is 1. The molecule has 1 aromatic carbocycles. The fourth-order valence-electron chi connectivity index (χ4n) is 3.72. The summed E-state index contributed by atoms with van der Waals surface area (Å²) < 4.78 is 0. The molecule has 120 valence electrons. The molecule has 4 heteroatoms. The Morgan fingerprint density at radius 2 is 2.05 bits per heavy atom. The Bertz CT molecular complexity index is 511. The molecule has 2 heterocycles. The summed E-state index contributed by atoms with van der Waals surface area (Å²) in [6.07, 6.45) is 4.84. The molecule has 1 aromatic rings. The van der Waals surface area contributed by atoms with E-state index in [9.17, 15) is 4.79 Å². The largest absolute Gasteiger partial charge is 0.334 e. The lowest BCUT2D eigenvalue weighted by Crippen LogP contribution is -2.40. The van der Waals surface area contributed by atoms with Crippen molar-refractivity contribution < 1.29 is 4.79 Å². The zero-order chi connectivity index (χ0) is 15.4. The molecule has 2 aliphatic rings. The minimum absolute atomic E-state index is 0.195. The van der Waals surface area contributed by atoms with E-state index in [4.69, 9.17) is 0 Å². The van der Waals surface area contributed by atoms with Crippen LogP contribution in [0.1, 0.15) is 41.6 Å². The molecule has 0 bridgehead atoms. The second-order valence-corrected chi connectivity index (χ2v) is 6.54. The summed E-state index contributed by atoms with van der Waals surface area (Å²) in [6, 6.07) is 8.58. The highest BCUT2D eigenvalue weighted by Gasteiger charge is 2.28. The van der Waals surface area contributed by atoms with Gasteiger partial charge in [0, 0.05) is 31.2 Å². The SMILES string of the molecule is CNCC1CCCN1C(=O)c1cccc(CN2CCCC2)c1. The maximum absolute atomic E-state index is 12.8. The number of hydrogen-bond acceptors (Lipinski definition) is 3. The second kappa shape index (κ2) is 7.25. The van der Waals surface area contributed by atoms with Crippen LogP contribution in [0.25, 0.3) is 0 Å². The van der Waals surface area contributed by atoms with E-state index in [1.165, 1.54) is 31.5 Å². The highest BCUT2D eigenvalue weighted by atomic mass is 16.2. The first-order valence-corrected chi connectivity index (χ1v) is 8.55. The molecule has 2 saturated heterocycles. The smallest absolute Gasteiger partial charge is 0.254 e. The van der Waals surface area contributed by atoms with Crippen molar-refractivity contribution in [1.82, 2.24) is 15.1 Å². The van der Waals surface area contributed by atoms with E-state index >= 15 is 0 Å². The van der Waals surface area contributed by atoms with Gasteiger partial charge < -0.3 is 10.2 Å². The number of carbonyl (C=O) groups is 1. The monoisotopic (exact) mass is 301 g/mol. The fraction of sp³-hybridized carbons (Fsp3) is 0.611. The molecule has 2 fully saturated rings. The van der Waals surface area contributed by atoms with E-state index in [2.05, 4.69) is 22.3 Å². The molecule has 2 aliphatic heterocycles. The Hall–Kier alpha value is -1.39. The Balaban J connectivity index is 1.69. The average Bonchev–Trinajstić information content (AvgIpc) is 3.19. The summed E-state index contributed by atoms with van der Waals surface area (Å²) >= 11 is 0. The van der Waals surface area contributed by atoms with Crippen LogP contribution in [-0.4, -0.2) is 55.0 Å². The van der Waals surface area contributed by atoms with Gasteiger partial charge in [-0.05, 0) is 63.5 Å². The first-order chi connectivity index (χ1) is 10.8. The quantitative estimate of drug-likeness (QED) is 0.905. The minimum Gasteiger partial charge on any atom is -0.334 e. The number of rotatable bonds is 5. The molecule has 0 aromatic heterocycles. The van der Waals surface area contributed by atoms with Crippen LogP contribution in [-0.2, 0) is 6.54 Å². The Morgan fingerprint density at radius 1 is 1.23 bits per heavy atom. The van der Waals surface area contributed by atoms with Gasteiger partial charge in [0.05, 0.1) is 0 Å². The van der Waals surface area contributed by atoms with Crippen molar-refractivity contribution in [3.8, 4) is 0 Å². The maximum Gasteiger partial charge on any atom is 0.254 e. The van der Waals surface area contributed by atoms with Gasteiger partial charge in [-0.1, -0.05) is 12.1 Å². The lowest BCUT2D eigenvalue weighted by Gasteiger charge is -2.25. The van der Waals surface area contributed by atoms with Crippen LogP contribution in [0.5, 0.6) is 0 Å². The minimum atomic E-state index is 0.195. The molecular weight excluding hydrogens is 274 g/mol. The molecule has 0 spiro atoms. The fourth-order valence-corrected chi connectivity index (χ4v) is 3.72. The molecule has 4 nitrogen and oxygen atoms in total. The molecule has 1 atom stereocenters. The van der Waals surface area contributed by atoms with Crippen LogP contribution in [0, 0.1) is 0 Å². The lowest BCUT2D eigenvalue weighted by molar-refractivity contribution is 0.0737. The standard InChI is InChI=1S/C18H27N3O/c1-19-13-17-8-5-11-21(17)18(22)16-7-4-6-15(12-16)14-20-9-2-3-10-20/h4,6-7,12,17,19H,2-3,5,8-11,13-14H2,1H3. The summed E-state index contributed by atoms with van der Waals surface area (Å²) in [5.74, 6) is 0.195. The molecular formula is C18H27N3O. The topological polar surface area (TPSA) is 35.6 Å². The first-order valence-electron chi connectivity index (χ1n) is 8.55. The Morgan fingerprint density at radius 3 is 2.82 bits per heavy atom. The summed E-state index contributed by atoms with van der Waals surface area (Å²) in [4.78, 5) is 17.3. The summed E-state index contributed by atoms with van der Waals surface area (Å²) in [5, 5.41) is 3.21. The number of nitrogens with one attached hydrogen (secondary N) is 1. The van der Waals surface area contributed by atoms with Gasteiger partial charge in [-0.2, -0.15) is 0 Å². The molecule has 22 heavy (non-hydrogen) atoms. The van der Waals surface area contributed by atoms with Crippen LogP contribution in [0.3, 0.4) is 0 Å². The highest BCUT2D eigenvalue weighted by molar-refractivity contribution is 5.94. The van der Waals surface area contributed by atoms with Gasteiger partial charge in [0.2, 0.25) is 0 Å². The van der Waals surface area contributed by atoms with Crippen LogP contribution < -0.4 is 5.32 Å². The molecule has 3 rings (SSSR count). The van der Waals surface area contributed by atoms with E-state index in [0.717, 1.165) is 38.0 Å². The van der Waals surface area contributed by atoms with Crippen molar-refractivity contribution in [2.45, 2.75) is 38.3 Å². The number of nitrogens with zero attached hydrogens (tertiary/aromatic N) is 2. The number of carbonyl (C=O) groups excluding carboxylic acids is 1. The zero-order valence-corrected chi connectivity index (χ0v) is 13.6. The number of likely N-dealkylation sites (tertiary alicyclic amines) is 2. The normalized spacial score (nSPS) is 22.4. The van der Waals surface area contributed by atoms with Gasteiger partial charge in [-0.3, -0.25) is 9.69 Å².